The van der Waals surface area contributed by atoms with E-state index in [0.29, 0.717) is 31.1 Å². The second-order valence-corrected chi connectivity index (χ2v) is 4.70. The second kappa shape index (κ2) is 9.37. The van der Waals surface area contributed by atoms with E-state index in [2.05, 4.69) is 0 Å². The molecule has 0 amide bonds. The molecule has 4 nitrogen and oxygen atoms in total. The number of ether oxygens (including phenoxy) is 2. The number of hydrogen-bond acceptors (Lipinski definition) is 4. The van der Waals surface area contributed by atoms with Gasteiger partial charge in [-0.1, -0.05) is 23.7 Å². The Balaban J connectivity index is 2.13. The first kappa shape index (κ1) is 16.5. The number of benzene rings is 1. The average Bonchev–Trinajstić information content (AvgIpc) is 2.39. The molecule has 0 aliphatic rings. The molecular weight excluding hydrogens is 280 g/mol. The van der Waals surface area contributed by atoms with Crippen molar-refractivity contribution < 1.29 is 19.1 Å². The molecule has 0 saturated carbocycles. The molecule has 1 aromatic carbocycles. The lowest BCUT2D eigenvalue weighted by atomic mass is 10.2. The number of halogens is 1. The van der Waals surface area contributed by atoms with Crippen LogP contribution in [-0.2, 0) is 25.5 Å². The van der Waals surface area contributed by atoms with Crippen LogP contribution < -0.4 is 0 Å². The van der Waals surface area contributed by atoms with Crippen molar-refractivity contribution in [3.8, 4) is 0 Å². The van der Waals surface area contributed by atoms with Crippen LogP contribution in [0.25, 0.3) is 0 Å². The molecule has 0 radical (unpaired) electrons. The van der Waals surface area contributed by atoms with E-state index < -0.39 is 0 Å². The third kappa shape index (κ3) is 7.14. The molecule has 1 rings (SSSR count). The van der Waals surface area contributed by atoms with Gasteiger partial charge in [-0.2, -0.15) is 0 Å². The lowest BCUT2D eigenvalue weighted by molar-refractivity contribution is -0.145. The molecule has 0 aromatic heterocycles. The van der Waals surface area contributed by atoms with Crippen molar-refractivity contribution in [1.82, 2.24) is 0 Å². The Morgan fingerprint density at radius 2 is 1.85 bits per heavy atom. The Kier molecular flexibility index (Phi) is 7.73. The van der Waals surface area contributed by atoms with Gasteiger partial charge < -0.3 is 9.47 Å². The van der Waals surface area contributed by atoms with E-state index in [9.17, 15) is 9.59 Å². The highest BCUT2D eigenvalue weighted by molar-refractivity contribution is 6.30. The van der Waals surface area contributed by atoms with Crippen molar-refractivity contribution in [2.75, 3.05) is 13.2 Å². The Morgan fingerprint density at radius 1 is 1.15 bits per heavy atom. The van der Waals surface area contributed by atoms with Crippen LogP contribution in [-0.4, -0.2) is 25.2 Å². The quantitative estimate of drug-likeness (QED) is 0.692. The summed E-state index contributed by atoms with van der Waals surface area (Å²) in [6.07, 6.45) is 1.56. The Morgan fingerprint density at radius 3 is 2.50 bits per heavy atom. The van der Waals surface area contributed by atoms with Gasteiger partial charge in [-0.05, 0) is 31.0 Å². The number of carbonyl (C=O) groups is 2. The van der Waals surface area contributed by atoms with E-state index in [1.807, 2.05) is 18.2 Å². The van der Waals surface area contributed by atoms with Crippen molar-refractivity contribution in [2.24, 2.45) is 0 Å². The molecule has 20 heavy (non-hydrogen) atoms. The standard InChI is InChI=1S/C15H19ClO4/c1-2-19-14(17)7-4-8-15(18)20-10-9-12-5-3-6-13(16)11-12/h3,5-6,11H,2,4,7-10H2,1H3. The minimum atomic E-state index is -0.295. The van der Waals surface area contributed by atoms with E-state index >= 15 is 0 Å². The molecule has 0 aliphatic carbocycles. The molecular formula is C15H19ClO4. The van der Waals surface area contributed by atoms with Crippen molar-refractivity contribution in [2.45, 2.75) is 32.6 Å². The smallest absolute Gasteiger partial charge is 0.305 e. The van der Waals surface area contributed by atoms with Gasteiger partial charge in [-0.15, -0.1) is 0 Å². The number of carbonyl (C=O) groups excluding carboxylic acids is 2. The minimum Gasteiger partial charge on any atom is -0.466 e. The molecule has 0 spiro atoms. The maximum Gasteiger partial charge on any atom is 0.305 e. The van der Waals surface area contributed by atoms with Gasteiger partial charge in [0.1, 0.15) is 0 Å². The number of rotatable bonds is 8. The van der Waals surface area contributed by atoms with Crippen LogP contribution in [0.3, 0.4) is 0 Å². The summed E-state index contributed by atoms with van der Waals surface area (Å²) < 4.78 is 9.86. The third-order valence-corrected chi connectivity index (χ3v) is 2.85. The molecule has 0 fully saturated rings. The van der Waals surface area contributed by atoms with Gasteiger partial charge in [0.2, 0.25) is 0 Å². The van der Waals surface area contributed by atoms with Gasteiger partial charge in [-0.25, -0.2) is 0 Å². The maximum absolute atomic E-state index is 11.4. The lowest BCUT2D eigenvalue weighted by Crippen LogP contribution is -2.09. The Hall–Kier alpha value is -1.55. The fourth-order valence-corrected chi connectivity index (χ4v) is 1.87. The minimum absolute atomic E-state index is 0.231. The fourth-order valence-electron chi connectivity index (χ4n) is 1.66. The van der Waals surface area contributed by atoms with Gasteiger partial charge >= 0.3 is 11.9 Å². The third-order valence-electron chi connectivity index (χ3n) is 2.61. The van der Waals surface area contributed by atoms with Gasteiger partial charge in [0, 0.05) is 24.3 Å². The topological polar surface area (TPSA) is 52.6 Å². The van der Waals surface area contributed by atoms with Crippen LogP contribution in [0.4, 0.5) is 0 Å². The van der Waals surface area contributed by atoms with Gasteiger partial charge in [0.25, 0.3) is 0 Å². The molecule has 5 heteroatoms. The van der Waals surface area contributed by atoms with Crippen LogP contribution in [0.1, 0.15) is 31.7 Å². The fraction of sp³-hybridized carbons (Fsp3) is 0.467. The number of hydrogen-bond donors (Lipinski definition) is 0. The highest BCUT2D eigenvalue weighted by Crippen LogP contribution is 2.11. The molecule has 1 aromatic rings. The molecule has 0 aliphatic heterocycles. The Bertz CT molecular complexity index is 445. The van der Waals surface area contributed by atoms with Gasteiger partial charge in [0.15, 0.2) is 0 Å². The van der Waals surface area contributed by atoms with Crippen LogP contribution in [0.15, 0.2) is 24.3 Å². The van der Waals surface area contributed by atoms with Gasteiger partial charge in [-0.3, -0.25) is 9.59 Å². The Labute approximate surface area is 124 Å². The van der Waals surface area contributed by atoms with Crippen molar-refractivity contribution in [1.29, 1.82) is 0 Å². The zero-order valence-corrected chi connectivity index (χ0v) is 12.3. The highest BCUT2D eigenvalue weighted by Gasteiger charge is 2.06. The summed E-state index contributed by atoms with van der Waals surface area (Å²) in [4.78, 5) is 22.5. The largest absolute Gasteiger partial charge is 0.466 e. The lowest BCUT2D eigenvalue weighted by Gasteiger charge is -2.05. The highest BCUT2D eigenvalue weighted by atomic mass is 35.5. The number of esters is 2. The molecule has 0 unspecified atom stereocenters. The zero-order chi connectivity index (χ0) is 14.8. The monoisotopic (exact) mass is 298 g/mol. The van der Waals surface area contributed by atoms with E-state index in [0.717, 1.165) is 5.56 Å². The molecule has 0 heterocycles. The molecule has 0 bridgehead atoms. The van der Waals surface area contributed by atoms with Crippen molar-refractivity contribution in [3.05, 3.63) is 34.9 Å². The summed E-state index contributed by atoms with van der Waals surface area (Å²) in [7, 11) is 0. The first-order chi connectivity index (χ1) is 9.61. The first-order valence-electron chi connectivity index (χ1n) is 6.67. The summed E-state index contributed by atoms with van der Waals surface area (Å²) in [5, 5.41) is 0.670. The van der Waals surface area contributed by atoms with Crippen LogP contribution in [0.5, 0.6) is 0 Å². The van der Waals surface area contributed by atoms with Crippen LogP contribution in [0, 0.1) is 0 Å². The normalized spacial score (nSPS) is 10.1. The molecule has 0 N–H and O–H groups in total. The summed E-state index contributed by atoms with van der Waals surface area (Å²) in [6, 6.07) is 7.43. The molecule has 0 saturated heterocycles. The molecule has 0 atom stereocenters. The van der Waals surface area contributed by atoms with E-state index in [1.165, 1.54) is 0 Å². The molecule has 110 valence electrons. The summed E-state index contributed by atoms with van der Waals surface area (Å²) in [5.41, 5.74) is 1.02. The average molecular weight is 299 g/mol. The van der Waals surface area contributed by atoms with Gasteiger partial charge in [0.05, 0.1) is 13.2 Å². The summed E-state index contributed by atoms with van der Waals surface area (Å²) in [6.45, 7) is 2.43. The van der Waals surface area contributed by atoms with Crippen molar-refractivity contribution >= 4 is 23.5 Å². The SMILES string of the molecule is CCOC(=O)CCCC(=O)OCCc1cccc(Cl)c1. The van der Waals surface area contributed by atoms with Crippen LogP contribution >= 0.6 is 11.6 Å². The summed E-state index contributed by atoms with van der Waals surface area (Å²) in [5.74, 6) is -0.574. The van der Waals surface area contributed by atoms with E-state index in [1.54, 1.807) is 13.0 Å². The zero-order valence-electron chi connectivity index (χ0n) is 11.6. The predicted molar refractivity (Wildman–Crippen MR) is 76.6 cm³/mol. The second-order valence-electron chi connectivity index (χ2n) is 4.26. The van der Waals surface area contributed by atoms with Crippen molar-refractivity contribution in [3.63, 3.8) is 0 Å². The first-order valence-corrected chi connectivity index (χ1v) is 7.05. The van der Waals surface area contributed by atoms with E-state index in [4.69, 9.17) is 21.1 Å². The predicted octanol–water partition coefficient (Wildman–Crippen LogP) is 3.16. The summed E-state index contributed by atoms with van der Waals surface area (Å²) >= 11 is 5.86. The van der Waals surface area contributed by atoms with E-state index in [-0.39, 0.29) is 24.8 Å². The van der Waals surface area contributed by atoms with Crippen LogP contribution in [0.2, 0.25) is 5.02 Å². The maximum atomic E-state index is 11.4.